The Morgan fingerprint density at radius 1 is 1.21 bits per heavy atom. The molecule has 14 heavy (non-hydrogen) atoms. The highest BCUT2D eigenvalue weighted by Crippen LogP contribution is 2.15. The van der Waals surface area contributed by atoms with Crippen molar-refractivity contribution in [2.24, 2.45) is 0 Å². The molecule has 3 nitrogen and oxygen atoms in total. The van der Waals surface area contributed by atoms with Gasteiger partial charge in [0.05, 0.1) is 12.2 Å². The second-order valence-corrected chi connectivity index (χ2v) is 4.45. The van der Waals surface area contributed by atoms with Crippen LogP contribution in [0.3, 0.4) is 0 Å². The first-order valence-corrected chi connectivity index (χ1v) is 5.81. The van der Waals surface area contributed by atoms with Crippen LogP contribution < -0.4 is 5.32 Å². The van der Waals surface area contributed by atoms with Crippen LogP contribution in [-0.2, 0) is 9.47 Å². The van der Waals surface area contributed by atoms with Gasteiger partial charge in [0.25, 0.3) is 0 Å². The molecule has 2 fully saturated rings. The minimum absolute atomic E-state index is 0.422. The highest BCUT2D eigenvalue weighted by molar-refractivity contribution is 4.77. The van der Waals surface area contributed by atoms with Crippen molar-refractivity contribution in [2.45, 2.75) is 50.9 Å². The fourth-order valence-corrected chi connectivity index (χ4v) is 2.29. The summed E-state index contributed by atoms with van der Waals surface area (Å²) in [4.78, 5) is 0. The van der Waals surface area contributed by atoms with E-state index >= 15 is 0 Å². The summed E-state index contributed by atoms with van der Waals surface area (Å²) in [5.74, 6) is 0. The van der Waals surface area contributed by atoms with E-state index in [0.29, 0.717) is 18.2 Å². The smallest absolute Gasteiger partial charge is 0.0700 e. The molecule has 0 aromatic heterocycles. The van der Waals surface area contributed by atoms with Crippen LogP contribution in [0.1, 0.15) is 32.6 Å². The van der Waals surface area contributed by atoms with Crippen LogP contribution in [0.25, 0.3) is 0 Å². The molecule has 3 heteroatoms. The molecule has 0 bridgehead atoms. The topological polar surface area (TPSA) is 30.5 Å². The average molecular weight is 199 g/mol. The van der Waals surface area contributed by atoms with Crippen molar-refractivity contribution in [3.05, 3.63) is 0 Å². The van der Waals surface area contributed by atoms with Crippen molar-refractivity contribution >= 4 is 0 Å². The van der Waals surface area contributed by atoms with E-state index in [2.05, 4.69) is 12.2 Å². The first-order chi connectivity index (χ1) is 6.84. The molecule has 0 radical (unpaired) electrons. The van der Waals surface area contributed by atoms with Gasteiger partial charge >= 0.3 is 0 Å². The second kappa shape index (κ2) is 5.10. The van der Waals surface area contributed by atoms with E-state index in [1.807, 2.05) is 0 Å². The largest absolute Gasteiger partial charge is 0.378 e. The van der Waals surface area contributed by atoms with Gasteiger partial charge in [-0.25, -0.2) is 0 Å². The Morgan fingerprint density at radius 3 is 2.86 bits per heavy atom. The quantitative estimate of drug-likeness (QED) is 0.743. The summed E-state index contributed by atoms with van der Waals surface area (Å²) in [7, 11) is 0. The summed E-state index contributed by atoms with van der Waals surface area (Å²) in [6.07, 6.45) is 5.64. The van der Waals surface area contributed by atoms with Crippen LogP contribution in [0.5, 0.6) is 0 Å². The molecule has 0 saturated carbocycles. The summed E-state index contributed by atoms with van der Waals surface area (Å²) in [5.41, 5.74) is 0. The van der Waals surface area contributed by atoms with Gasteiger partial charge in [-0.1, -0.05) is 0 Å². The Bertz CT molecular complexity index is 169. The normalized spacial score (nSPS) is 38.8. The summed E-state index contributed by atoms with van der Waals surface area (Å²) in [5, 5.41) is 3.59. The number of nitrogens with one attached hydrogen (secondary N) is 1. The summed E-state index contributed by atoms with van der Waals surface area (Å²) < 4.78 is 11.1. The second-order valence-electron chi connectivity index (χ2n) is 4.45. The monoisotopic (exact) mass is 199 g/mol. The van der Waals surface area contributed by atoms with Crippen molar-refractivity contribution < 1.29 is 9.47 Å². The first kappa shape index (κ1) is 10.4. The minimum Gasteiger partial charge on any atom is -0.378 e. The molecular formula is C11H21NO2. The summed E-state index contributed by atoms with van der Waals surface area (Å²) >= 11 is 0. The van der Waals surface area contributed by atoms with Crippen molar-refractivity contribution in [1.82, 2.24) is 5.32 Å². The zero-order chi connectivity index (χ0) is 9.80. The third kappa shape index (κ3) is 2.94. The van der Waals surface area contributed by atoms with Gasteiger partial charge in [0.15, 0.2) is 0 Å². The fourth-order valence-electron chi connectivity index (χ4n) is 2.29. The molecule has 0 aliphatic carbocycles. The SMILES string of the molecule is CC1CC(NCC2CCCO2)CCO1. The molecule has 2 aliphatic heterocycles. The lowest BCUT2D eigenvalue weighted by molar-refractivity contribution is 0.0100. The first-order valence-electron chi connectivity index (χ1n) is 5.81. The third-order valence-electron chi connectivity index (χ3n) is 3.14. The molecule has 0 spiro atoms. The summed E-state index contributed by atoms with van der Waals surface area (Å²) in [6, 6.07) is 0.642. The molecule has 2 saturated heterocycles. The standard InChI is InChI=1S/C11H21NO2/c1-9-7-10(4-6-13-9)12-8-11-3-2-5-14-11/h9-12H,2-8H2,1H3. The van der Waals surface area contributed by atoms with E-state index in [1.54, 1.807) is 0 Å². The van der Waals surface area contributed by atoms with Crippen molar-refractivity contribution in [3.63, 3.8) is 0 Å². The Kier molecular flexibility index (Phi) is 3.79. The van der Waals surface area contributed by atoms with Crippen LogP contribution in [0.15, 0.2) is 0 Å². The van der Waals surface area contributed by atoms with Crippen molar-refractivity contribution in [1.29, 1.82) is 0 Å². The van der Waals surface area contributed by atoms with Gasteiger partial charge < -0.3 is 14.8 Å². The molecule has 3 atom stereocenters. The van der Waals surface area contributed by atoms with E-state index < -0.39 is 0 Å². The lowest BCUT2D eigenvalue weighted by atomic mass is 10.0. The molecule has 2 aliphatic rings. The van der Waals surface area contributed by atoms with E-state index in [4.69, 9.17) is 9.47 Å². The van der Waals surface area contributed by atoms with Crippen LogP contribution in [0, 0.1) is 0 Å². The molecule has 0 amide bonds. The lowest BCUT2D eigenvalue weighted by Crippen LogP contribution is -2.41. The zero-order valence-electron chi connectivity index (χ0n) is 9.00. The van der Waals surface area contributed by atoms with E-state index in [9.17, 15) is 0 Å². The van der Waals surface area contributed by atoms with E-state index in [0.717, 1.165) is 32.6 Å². The fraction of sp³-hybridized carbons (Fsp3) is 1.00. The van der Waals surface area contributed by atoms with Crippen LogP contribution >= 0.6 is 0 Å². The Morgan fingerprint density at radius 2 is 2.14 bits per heavy atom. The van der Waals surface area contributed by atoms with Crippen LogP contribution in [-0.4, -0.2) is 38.0 Å². The molecule has 1 N–H and O–H groups in total. The molecule has 0 aromatic carbocycles. The van der Waals surface area contributed by atoms with Crippen molar-refractivity contribution in [2.75, 3.05) is 19.8 Å². The van der Waals surface area contributed by atoms with Crippen molar-refractivity contribution in [3.8, 4) is 0 Å². The predicted octanol–water partition coefficient (Wildman–Crippen LogP) is 1.32. The molecule has 82 valence electrons. The minimum atomic E-state index is 0.422. The van der Waals surface area contributed by atoms with E-state index in [-0.39, 0.29) is 0 Å². The van der Waals surface area contributed by atoms with E-state index in [1.165, 1.54) is 12.8 Å². The highest BCUT2D eigenvalue weighted by Gasteiger charge is 2.21. The molecular weight excluding hydrogens is 178 g/mol. The Balaban J connectivity index is 1.64. The number of ether oxygens (including phenoxy) is 2. The Hall–Kier alpha value is -0.120. The zero-order valence-corrected chi connectivity index (χ0v) is 9.00. The van der Waals surface area contributed by atoms with Gasteiger partial charge in [-0.3, -0.25) is 0 Å². The van der Waals surface area contributed by atoms with Gasteiger partial charge in [0, 0.05) is 25.8 Å². The molecule has 2 rings (SSSR count). The molecule has 3 unspecified atom stereocenters. The summed E-state index contributed by atoms with van der Waals surface area (Å²) in [6.45, 7) is 5.04. The maximum Gasteiger partial charge on any atom is 0.0700 e. The third-order valence-corrected chi connectivity index (χ3v) is 3.14. The maximum absolute atomic E-state index is 5.58. The maximum atomic E-state index is 5.58. The predicted molar refractivity (Wildman–Crippen MR) is 55.4 cm³/mol. The van der Waals surface area contributed by atoms with Gasteiger partial charge in [-0.05, 0) is 32.6 Å². The number of hydrogen-bond donors (Lipinski definition) is 1. The Labute approximate surface area is 86.2 Å². The van der Waals surface area contributed by atoms with Gasteiger partial charge in [-0.2, -0.15) is 0 Å². The van der Waals surface area contributed by atoms with Crippen LogP contribution in [0.4, 0.5) is 0 Å². The highest BCUT2D eigenvalue weighted by atomic mass is 16.5. The van der Waals surface area contributed by atoms with Gasteiger partial charge in [0.2, 0.25) is 0 Å². The average Bonchev–Trinajstić information content (AvgIpc) is 2.67. The number of hydrogen-bond acceptors (Lipinski definition) is 3. The van der Waals surface area contributed by atoms with Crippen LogP contribution in [0.2, 0.25) is 0 Å². The number of rotatable bonds is 3. The molecule has 2 heterocycles. The van der Waals surface area contributed by atoms with Gasteiger partial charge in [0.1, 0.15) is 0 Å². The van der Waals surface area contributed by atoms with Gasteiger partial charge in [-0.15, -0.1) is 0 Å². The molecule has 0 aromatic rings. The lowest BCUT2D eigenvalue weighted by Gasteiger charge is -2.28.